The molecule has 0 aromatic heterocycles. The lowest BCUT2D eigenvalue weighted by Gasteiger charge is -2.08. The van der Waals surface area contributed by atoms with Crippen molar-refractivity contribution in [3.63, 3.8) is 0 Å². The quantitative estimate of drug-likeness (QED) is 0.705. The van der Waals surface area contributed by atoms with Gasteiger partial charge in [-0.05, 0) is 31.0 Å². The Morgan fingerprint density at radius 2 is 2.00 bits per heavy atom. The molecule has 0 bridgehead atoms. The smallest absolute Gasteiger partial charge is 0.272 e. The first-order chi connectivity index (χ1) is 6.09. The molecular formula is C10H12F2O. The first kappa shape index (κ1) is 9.96. The summed E-state index contributed by atoms with van der Waals surface area (Å²) in [7, 11) is 0. The second-order valence-corrected chi connectivity index (χ2v) is 2.97. The van der Waals surface area contributed by atoms with Crippen LogP contribution < -0.4 is 4.74 Å². The van der Waals surface area contributed by atoms with Gasteiger partial charge < -0.3 is 4.74 Å². The SMILES string of the molecule is Cc1ccc(C)c(OCC(F)F)c1. The Kier molecular flexibility index (Phi) is 3.23. The maximum atomic E-state index is 11.8. The third-order valence-electron chi connectivity index (χ3n) is 1.71. The van der Waals surface area contributed by atoms with Gasteiger partial charge in [0.25, 0.3) is 6.43 Å². The number of benzene rings is 1. The fourth-order valence-electron chi connectivity index (χ4n) is 1.02. The molecule has 0 aliphatic carbocycles. The molecule has 0 N–H and O–H groups in total. The minimum atomic E-state index is -2.42. The van der Waals surface area contributed by atoms with Crippen molar-refractivity contribution in [2.45, 2.75) is 20.3 Å². The van der Waals surface area contributed by atoms with Crippen LogP contribution in [0.2, 0.25) is 0 Å². The van der Waals surface area contributed by atoms with Gasteiger partial charge in [0.1, 0.15) is 12.4 Å². The van der Waals surface area contributed by atoms with Crippen LogP contribution >= 0.6 is 0 Å². The molecule has 1 aromatic rings. The number of aryl methyl sites for hydroxylation is 2. The summed E-state index contributed by atoms with van der Waals surface area (Å²) >= 11 is 0. The zero-order chi connectivity index (χ0) is 9.84. The van der Waals surface area contributed by atoms with Gasteiger partial charge in [0.05, 0.1) is 0 Å². The lowest BCUT2D eigenvalue weighted by atomic mass is 10.1. The van der Waals surface area contributed by atoms with E-state index in [4.69, 9.17) is 4.74 Å². The first-order valence-corrected chi connectivity index (χ1v) is 4.08. The average molecular weight is 186 g/mol. The normalized spacial score (nSPS) is 10.5. The lowest BCUT2D eigenvalue weighted by Crippen LogP contribution is -2.07. The van der Waals surface area contributed by atoms with Crippen molar-refractivity contribution in [2.24, 2.45) is 0 Å². The highest BCUT2D eigenvalue weighted by molar-refractivity contribution is 5.35. The number of halogens is 2. The van der Waals surface area contributed by atoms with Crippen LogP contribution in [0.1, 0.15) is 11.1 Å². The van der Waals surface area contributed by atoms with Gasteiger partial charge in [-0.3, -0.25) is 0 Å². The molecule has 1 rings (SSSR count). The molecule has 72 valence electrons. The van der Waals surface area contributed by atoms with E-state index < -0.39 is 13.0 Å². The number of hydrogen-bond donors (Lipinski definition) is 0. The predicted molar refractivity (Wildman–Crippen MR) is 47.4 cm³/mol. The van der Waals surface area contributed by atoms with Gasteiger partial charge in [-0.15, -0.1) is 0 Å². The van der Waals surface area contributed by atoms with Crippen molar-refractivity contribution < 1.29 is 13.5 Å². The summed E-state index contributed by atoms with van der Waals surface area (Å²) in [4.78, 5) is 0. The topological polar surface area (TPSA) is 9.23 Å². The maximum Gasteiger partial charge on any atom is 0.272 e. The zero-order valence-corrected chi connectivity index (χ0v) is 7.68. The Morgan fingerprint density at radius 1 is 1.31 bits per heavy atom. The summed E-state index contributed by atoms with van der Waals surface area (Å²) in [6.45, 7) is 3.19. The van der Waals surface area contributed by atoms with Crippen LogP contribution in [0, 0.1) is 13.8 Å². The van der Waals surface area contributed by atoms with E-state index in [1.807, 2.05) is 26.0 Å². The van der Waals surface area contributed by atoms with Crippen molar-refractivity contribution in [1.82, 2.24) is 0 Å². The van der Waals surface area contributed by atoms with E-state index >= 15 is 0 Å². The monoisotopic (exact) mass is 186 g/mol. The van der Waals surface area contributed by atoms with Gasteiger partial charge in [0.2, 0.25) is 0 Å². The third-order valence-corrected chi connectivity index (χ3v) is 1.71. The molecule has 0 aliphatic rings. The molecule has 1 aromatic carbocycles. The van der Waals surface area contributed by atoms with E-state index in [-0.39, 0.29) is 0 Å². The number of alkyl halides is 2. The van der Waals surface area contributed by atoms with Gasteiger partial charge in [0.15, 0.2) is 0 Å². The minimum Gasteiger partial charge on any atom is -0.487 e. The predicted octanol–water partition coefficient (Wildman–Crippen LogP) is 2.95. The van der Waals surface area contributed by atoms with Gasteiger partial charge in [-0.2, -0.15) is 0 Å². The summed E-state index contributed by atoms with van der Waals surface area (Å²) in [5.41, 5.74) is 1.89. The molecule has 0 spiro atoms. The lowest BCUT2D eigenvalue weighted by molar-refractivity contribution is 0.0815. The van der Waals surface area contributed by atoms with Crippen LogP contribution in [0.15, 0.2) is 18.2 Å². The third kappa shape index (κ3) is 3.01. The number of rotatable bonds is 3. The highest BCUT2D eigenvalue weighted by Gasteiger charge is 2.05. The summed E-state index contributed by atoms with van der Waals surface area (Å²) in [6.07, 6.45) is -2.42. The average Bonchev–Trinajstić information content (AvgIpc) is 2.06. The molecule has 3 heteroatoms. The van der Waals surface area contributed by atoms with Crippen LogP contribution in [-0.2, 0) is 0 Å². The molecule has 0 saturated carbocycles. The van der Waals surface area contributed by atoms with E-state index in [0.29, 0.717) is 5.75 Å². The van der Waals surface area contributed by atoms with Crippen molar-refractivity contribution in [3.05, 3.63) is 29.3 Å². The summed E-state index contributed by atoms with van der Waals surface area (Å²) in [5.74, 6) is 0.542. The Hall–Kier alpha value is -1.12. The number of ether oxygens (including phenoxy) is 1. The molecule has 13 heavy (non-hydrogen) atoms. The molecule has 0 unspecified atom stereocenters. The van der Waals surface area contributed by atoms with Crippen molar-refractivity contribution in [1.29, 1.82) is 0 Å². The molecule has 0 saturated heterocycles. The molecular weight excluding hydrogens is 174 g/mol. The van der Waals surface area contributed by atoms with Crippen LogP contribution in [0.25, 0.3) is 0 Å². The summed E-state index contributed by atoms with van der Waals surface area (Å²) in [5, 5.41) is 0. The fourth-order valence-corrected chi connectivity index (χ4v) is 1.02. The van der Waals surface area contributed by atoms with Gasteiger partial charge >= 0.3 is 0 Å². The number of hydrogen-bond acceptors (Lipinski definition) is 1. The molecule has 1 nitrogen and oxygen atoms in total. The zero-order valence-electron chi connectivity index (χ0n) is 7.68. The minimum absolute atomic E-state index is 0.537. The molecule has 0 radical (unpaired) electrons. The molecule has 0 amide bonds. The molecule has 0 aliphatic heterocycles. The van der Waals surface area contributed by atoms with Crippen LogP contribution in [-0.4, -0.2) is 13.0 Å². The largest absolute Gasteiger partial charge is 0.487 e. The van der Waals surface area contributed by atoms with Gasteiger partial charge in [-0.25, -0.2) is 8.78 Å². The Morgan fingerprint density at radius 3 is 2.62 bits per heavy atom. The van der Waals surface area contributed by atoms with E-state index in [0.717, 1.165) is 11.1 Å². The Balaban J connectivity index is 2.70. The van der Waals surface area contributed by atoms with E-state index in [1.165, 1.54) is 0 Å². The van der Waals surface area contributed by atoms with Gasteiger partial charge in [0, 0.05) is 0 Å². The Bertz CT molecular complexity index is 284. The van der Waals surface area contributed by atoms with Crippen molar-refractivity contribution in [2.75, 3.05) is 6.61 Å². The summed E-state index contributed by atoms with van der Waals surface area (Å²) in [6, 6.07) is 5.54. The fraction of sp³-hybridized carbons (Fsp3) is 0.400. The van der Waals surface area contributed by atoms with E-state index in [9.17, 15) is 8.78 Å². The molecule has 0 heterocycles. The van der Waals surface area contributed by atoms with Crippen LogP contribution in [0.4, 0.5) is 8.78 Å². The molecule has 0 fully saturated rings. The maximum absolute atomic E-state index is 11.8. The van der Waals surface area contributed by atoms with Crippen molar-refractivity contribution >= 4 is 0 Å². The highest BCUT2D eigenvalue weighted by Crippen LogP contribution is 2.19. The van der Waals surface area contributed by atoms with E-state index in [2.05, 4.69) is 0 Å². The first-order valence-electron chi connectivity index (χ1n) is 4.08. The van der Waals surface area contributed by atoms with Crippen molar-refractivity contribution in [3.8, 4) is 5.75 Å². The molecule has 0 atom stereocenters. The van der Waals surface area contributed by atoms with Gasteiger partial charge in [-0.1, -0.05) is 12.1 Å². The second kappa shape index (κ2) is 4.21. The standard InChI is InChI=1S/C10H12F2O/c1-7-3-4-8(2)9(5-7)13-6-10(11)12/h3-5,10H,6H2,1-2H3. The second-order valence-electron chi connectivity index (χ2n) is 2.97. The summed E-state index contributed by atoms with van der Waals surface area (Å²) < 4.78 is 28.6. The Labute approximate surface area is 76.3 Å². The van der Waals surface area contributed by atoms with E-state index in [1.54, 1.807) is 6.07 Å². The highest BCUT2D eigenvalue weighted by atomic mass is 19.3. The van der Waals surface area contributed by atoms with Crippen LogP contribution in [0.5, 0.6) is 5.75 Å². The van der Waals surface area contributed by atoms with Crippen LogP contribution in [0.3, 0.4) is 0 Å².